The fraction of sp³-hybridized carbons (Fsp3) is 0.450. The number of nitrogens with zero attached hydrogens (tertiary/aromatic N) is 4. The summed E-state index contributed by atoms with van der Waals surface area (Å²) in [7, 11) is 4.64. The van der Waals surface area contributed by atoms with Gasteiger partial charge in [-0.1, -0.05) is 12.1 Å². The lowest BCUT2D eigenvalue weighted by Gasteiger charge is -2.11. The number of para-hydroxylation sites is 2. The smallest absolute Gasteiger partial charge is 0.332 e. The lowest BCUT2D eigenvalue weighted by atomic mass is 10.3. The van der Waals surface area contributed by atoms with Crippen LogP contribution in [0.5, 0.6) is 11.5 Å². The van der Waals surface area contributed by atoms with Crippen molar-refractivity contribution in [1.82, 2.24) is 18.7 Å². The molecule has 2 heterocycles. The number of hydrogen-bond donors (Lipinski definition) is 0. The minimum Gasteiger partial charge on any atom is -0.493 e. The highest BCUT2D eigenvalue weighted by molar-refractivity contribution is 5.69. The number of rotatable bonds is 11. The molecule has 10 heteroatoms. The first-order chi connectivity index (χ1) is 14.5. The Morgan fingerprint density at radius 3 is 2.30 bits per heavy atom. The number of hydrogen-bond acceptors (Lipinski definition) is 7. The Hall–Kier alpha value is -3.11. The molecule has 0 aliphatic carbocycles. The highest BCUT2D eigenvalue weighted by Gasteiger charge is 2.13. The van der Waals surface area contributed by atoms with Gasteiger partial charge >= 0.3 is 5.69 Å². The minimum absolute atomic E-state index is 0.362. The molecule has 0 N–H and O–H groups in total. The van der Waals surface area contributed by atoms with E-state index in [1.807, 2.05) is 24.3 Å². The molecule has 1 aromatic carbocycles. The first-order valence-corrected chi connectivity index (χ1v) is 9.56. The predicted octanol–water partition coefficient (Wildman–Crippen LogP) is 0.555. The molecule has 0 saturated carbocycles. The van der Waals surface area contributed by atoms with E-state index in [4.69, 9.17) is 18.9 Å². The summed E-state index contributed by atoms with van der Waals surface area (Å²) in [6, 6.07) is 7.44. The van der Waals surface area contributed by atoms with Crippen LogP contribution in [0.4, 0.5) is 0 Å². The van der Waals surface area contributed by atoms with Gasteiger partial charge in [0.05, 0.1) is 39.9 Å². The highest BCUT2D eigenvalue weighted by atomic mass is 16.6. The van der Waals surface area contributed by atoms with E-state index in [0.717, 1.165) is 4.57 Å². The lowest BCUT2D eigenvalue weighted by Crippen LogP contribution is -2.37. The fourth-order valence-corrected chi connectivity index (χ4v) is 3.00. The predicted molar refractivity (Wildman–Crippen MR) is 110 cm³/mol. The molecule has 3 aromatic rings. The summed E-state index contributed by atoms with van der Waals surface area (Å²) in [6.07, 6.45) is 1.54. The number of aryl methyl sites for hydroxylation is 1. The molecular formula is C20H26N4O6. The van der Waals surface area contributed by atoms with E-state index in [2.05, 4.69) is 4.98 Å². The largest absolute Gasteiger partial charge is 0.493 e. The zero-order chi connectivity index (χ0) is 21.5. The molecule has 3 rings (SSSR count). The van der Waals surface area contributed by atoms with Crippen molar-refractivity contribution < 1.29 is 18.9 Å². The highest BCUT2D eigenvalue weighted by Crippen LogP contribution is 2.25. The van der Waals surface area contributed by atoms with Crippen molar-refractivity contribution >= 4 is 11.2 Å². The van der Waals surface area contributed by atoms with E-state index in [9.17, 15) is 9.59 Å². The number of ether oxygens (including phenoxy) is 4. The second-order valence-electron chi connectivity index (χ2n) is 6.54. The molecule has 0 radical (unpaired) electrons. The molecule has 0 atom stereocenters. The molecule has 0 saturated heterocycles. The van der Waals surface area contributed by atoms with E-state index in [1.54, 1.807) is 25.1 Å². The Labute approximate surface area is 173 Å². The van der Waals surface area contributed by atoms with E-state index < -0.39 is 5.69 Å². The standard InChI is InChI=1S/C20H26N4O6/c1-22-18-17(19(25)23(2)20(22)26)24(14-21-18)8-9-28-10-11-29-12-13-30-16-7-5-4-6-15(16)27-3/h4-7,14H,8-13H2,1-3H3. The summed E-state index contributed by atoms with van der Waals surface area (Å²) in [5.41, 5.74) is -0.0285. The van der Waals surface area contributed by atoms with Crippen molar-refractivity contribution in [2.45, 2.75) is 6.54 Å². The lowest BCUT2D eigenvalue weighted by molar-refractivity contribution is 0.0339. The molecule has 162 valence electrons. The van der Waals surface area contributed by atoms with Crippen molar-refractivity contribution in [2.24, 2.45) is 14.1 Å². The Kier molecular flexibility index (Phi) is 7.26. The van der Waals surface area contributed by atoms with Gasteiger partial charge in [0.1, 0.15) is 6.61 Å². The summed E-state index contributed by atoms with van der Waals surface area (Å²) in [6.45, 7) is 2.51. The molecule has 0 aliphatic rings. The van der Waals surface area contributed by atoms with Crippen molar-refractivity contribution in [1.29, 1.82) is 0 Å². The molecule has 30 heavy (non-hydrogen) atoms. The van der Waals surface area contributed by atoms with E-state index in [0.29, 0.717) is 62.2 Å². The van der Waals surface area contributed by atoms with E-state index >= 15 is 0 Å². The van der Waals surface area contributed by atoms with Crippen molar-refractivity contribution in [3.8, 4) is 11.5 Å². The fourth-order valence-electron chi connectivity index (χ4n) is 3.00. The summed E-state index contributed by atoms with van der Waals surface area (Å²) in [5.74, 6) is 1.36. The molecule has 0 unspecified atom stereocenters. The molecule has 10 nitrogen and oxygen atoms in total. The summed E-state index contributed by atoms with van der Waals surface area (Å²) < 4.78 is 26.0. The van der Waals surface area contributed by atoms with Gasteiger partial charge in [-0.3, -0.25) is 13.9 Å². The first kappa shape index (κ1) is 21.6. The third kappa shape index (κ3) is 4.71. The number of imidazole rings is 1. The van der Waals surface area contributed by atoms with E-state index in [-0.39, 0.29) is 5.56 Å². The van der Waals surface area contributed by atoms with Crippen LogP contribution in [-0.4, -0.2) is 58.8 Å². The monoisotopic (exact) mass is 418 g/mol. The molecule has 0 spiro atoms. The topological polar surface area (TPSA) is 98.7 Å². The van der Waals surface area contributed by atoms with Crippen LogP contribution in [-0.2, 0) is 30.1 Å². The number of fused-ring (bicyclic) bond motifs is 1. The van der Waals surface area contributed by atoms with Gasteiger partial charge in [-0.25, -0.2) is 9.78 Å². The molecule has 0 amide bonds. The second kappa shape index (κ2) is 10.1. The van der Waals surface area contributed by atoms with Crippen molar-refractivity contribution in [3.63, 3.8) is 0 Å². The maximum Gasteiger partial charge on any atom is 0.332 e. The maximum absolute atomic E-state index is 12.4. The van der Waals surface area contributed by atoms with Gasteiger partial charge in [0.15, 0.2) is 22.7 Å². The Bertz CT molecular complexity index is 1100. The van der Waals surface area contributed by atoms with Crippen LogP contribution in [0, 0.1) is 0 Å². The van der Waals surface area contributed by atoms with E-state index in [1.165, 1.54) is 11.6 Å². The van der Waals surface area contributed by atoms with Crippen molar-refractivity contribution in [2.75, 3.05) is 40.1 Å². The SMILES string of the molecule is COc1ccccc1OCCOCCOCCn1cnc2c1c(=O)n(C)c(=O)n2C. The molecule has 2 aromatic heterocycles. The van der Waals surface area contributed by atoms with Gasteiger partial charge in [0.2, 0.25) is 0 Å². The molecule has 0 fully saturated rings. The van der Waals surface area contributed by atoms with Gasteiger partial charge in [-0.2, -0.15) is 0 Å². The van der Waals surface area contributed by atoms with Crippen LogP contribution in [0.25, 0.3) is 11.2 Å². The number of benzene rings is 1. The minimum atomic E-state index is -0.402. The first-order valence-electron chi connectivity index (χ1n) is 9.56. The molecule has 0 aliphatic heterocycles. The van der Waals surface area contributed by atoms with Gasteiger partial charge in [-0.05, 0) is 12.1 Å². The van der Waals surface area contributed by atoms with Gasteiger partial charge < -0.3 is 23.5 Å². The van der Waals surface area contributed by atoms with Crippen LogP contribution >= 0.6 is 0 Å². The molecular weight excluding hydrogens is 392 g/mol. The van der Waals surface area contributed by atoms with Gasteiger partial charge in [-0.15, -0.1) is 0 Å². The van der Waals surface area contributed by atoms with Gasteiger partial charge in [0.25, 0.3) is 5.56 Å². The maximum atomic E-state index is 12.4. The Morgan fingerprint density at radius 1 is 0.900 bits per heavy atom. The Morgan fingerprint density at radius 2 is 1.57 bits per heavy atom. The van der Waals surface area contributed by atoms with Crippen LogP contribution in [0.2, 0.25) is 0 Å². The third-order valence-corrected chi connectivity index (χ3v) is 4.62. The molecule has 0 bridgehead atoms. The van der Waals surface area contributed by atoms with Gasteiger partial charge in [0, 0.05) is 20.6 Å². The number of aromatic nitrogens is 4. The zero-order valence-corrected chi connectivity index (χ0v) is 17.4. The summed E-state index contributed by atoms with van der Waals surface area (Å²) in [4.78, 5) is 28.5. The average Bonchev–Trinajstić information content (AvgIpc) is 3.19. The normalized spacial score (nSPS) is 11.2. The second-order valence-corrected chi connectivity index (χ2v) is 6.54. The van der Waals surface area contributed by atoms with Crippen molar-refractivity contribution in [3.05, 3.63) is 51.4 Å². The zero-order valence-electron chi connectivity index (χ0n) is 17.4. The third-order valence-electron chi connectivity index (χ3n) is 4.62. The number of methoxy groups -OCH3 is 1. The summed E-state index contributed by atoms with van der Waals surface area (Å²) >= 11 is 0. The van der Waals surface area contributed by atoms with Crippen LogP contribution in [0.1, 0.15) is 0 Å². The summed E-state index contributed by atoms with van der Waals surface area (Å²) in [5, 5.41) is 0. The van der Waals surface area contributed by atoms with Crippen LogP contribution in [0.3, 0.4) is 0 Å². The Balaban J connectivity index is 1.37. The average molecular weight is 418 g/mol. The van der Waals surface area contributed by atoms with Crippen LogP contribution in [0.15, 0.2) is 40.2 Å². The van der Waals surface area contributed by atoms with Crippen LogP contribution < -0.4 is 20.7 Å². The quantitative estimate of drug-likeness (QED) is 0.420.